The highest BCUT2D eigenvalue weighted by Gasteiger charge is 2.24. The lowest BCUT2D eigenvalue weighted by Gasteiger charge is -2.33. The summed E-state index contributed by atoms with van der Waals surface area (Å²) >= 11 is 0. The van der Waals surface area contributed by atoms with E-state index in [1.807, 2.05) is 18.2 Å². The molecule has 1 amide bonds. The summed E-state index contributed by atoms with van der Waals surface area (Å²) in [7, 11) is 1.68. The van der Waals surface area contributed by atoms with Crippen molar-refractivity contribution in [2.24, 2.45) is 11.8 Å². The van der Waals surface area contributed by atoms with Crippen LogP contribution in [0.3, 0.4) is 0 Å². The smallest absolute Gasteiger partial charge is 0.224 e. The van der Waals surface area contributed by atoms with Gasteiger partial charge in [0.1, 0.15) is 0 Å². The maximum Gasteiger partial charge on any atom is 0.224 e. The fourth-order valence-electron chi connectivity index (χ4n) is 3.36. The number of benzene rings is 1. The first-order chi connectivity index (χ1) is 9.58. The Morgan fingerprint density at radius 2 is 1.80 bits per heavy atom. The summed E-state index contributed by atoms with van der Waals surface area (Å²) in [6.45, 7) is 4.67. The highest BCUT2D eigenvalue weighted by molar-refractivity contribution is 5.80. The monoisotopic (exact) mass is 274 g/mol. The van der Waals surface area contributed by atoms with E-state index in [1.165, 1.54) is 19.3 Å². The molecular formula is C17H26N2O. The van der Waals surface area contributed by atoms with Crippen LogP contribution in [0, 0.1) is 11.8 Å². The third kappa shape index (κ3) is 3.99. The lowest BCUT2D eigenvalue weighted by molar-refractivity contribution is -0.119. The van der Waals surface area contributed by atoms with Gasteiger partial charge < -0.3 is 10.6 Å². The van der Waals surface area contributed by atoms with Crippen molar-refractivity contribution in [1.82, 2.24) is 5.32 Å². The summed E-state index contributed by atoms with van der Waals surface area (Å²) in [6.07, 6.45) is 4.22. The predicted octanol–water partition coefficient (Wildman–Crippen LogP) is 3.21. The second-order valence-corrected chi connectivity index (χ2v) is 6.27. The standard InChI is InChI=1S/C17H26N2O/c1-12-8-13(2)10-15(9-12)19-16-7-5-4-6-14(16)11-17(20)18-3/h4-7,12-13,15,19H,8-11H2,1-3H3,(H,18,20). The lowest BCUT2D eigenvalue weighted by atomic mass is 9.80. The van der Waals surface area contributed by atoms with E-state index in [0.717, 1.165) is 23.1 Å². The van der Waals surface area contributed by atoms with Crippen LogP contribution in [0.4, 0.5) is 5.69 Å². The molecule has 0 spiro atoms. The van der Waals surface area contributed by atoms with E-state index in [-0.39, 0.29) is 5.91 Å². The molecule has 1 aromatic rings. The van der Waals surface area contributed by atoms with Crippen LogP contribution >= 0.6 is 0 Å². The number of amides is 1. The summed E-state index contributed by atoms with van der Waals surface area (Å²) in [4.78, 5) is 11.6. The second-order valence-electron chi connectivity index (χ2n) is 6.27. The summed E-state index contributed by atoms with van der Waals surface area (Å²) in [5, 5.41) is 6.35. The van der Waals surface area contributed by atoms with Crippen molar-refractivity contribution < 1.29 is 4.79 Å². The molecule has 110 valence electrons. The van der Waals surface area contributed by atoms with Crippen molar-refractivity contribution >= 4 is 11.6 Å². The molecule has 20 heavy (non-hydrogen) atoms. The van der Waals surface area contributed by atoms with Crippen molar-refractivity contribution in [3.8, 4) is 0 Å². The Labute approximate surface area is 122 Å². The molecule has 1 aliphatic carbocycles. The van der Waals surface area contributed by atoms with Gasteiger partial charge in [0, 0.05) is 18.8 Å². The maximum atomic E-state index is 11.6. The van der Waals surface area contributed by atoms with Gasteiger partial charge in [-0.15, -0.1) is 0 Å². The number of hydrogen-bond acceptors (Lipinski definition) is 2. The largest absolute Gasteiger partial charge is 0.382 e. The third-order valence-electron chi connectivity index (χ3n) is 4.19. The number of anilines is 1. The number of para-hydroxylation sites is 1. The van der Waals surface area contributed by atoms with Crippen molar-refractivity contribution in [2.75, 3.05) is 12.4 Å². The molecule has 1 aliphatic rings. The zero-order valence-corrected chi connectivity index (χ0v) is 12.8. The molecule has 0 bridgehead atoms. The number of rotatable bonds is 4. The fraction of sp³-hybridized carbons (Fsp3) is 0.588. The summed E-state index contributed by atoms with van der Waals surface area (Å²) in [5.41, 5.74) is 2.19. The predicted molar refractivity (Wildman–Crippen MR) is 83.8 cm³/mol. The minimum atomic E-state index is 0.0598. The van der Waals surface area contributed by atoms with Gasteiger partial charge in [0.2, 0.25) is 5.91 Å². The highest BCUT2D eigenvalue weighted by atomic mass is 16.1. The van der Waals surface area contributed by atoms with Crippen LogP contribution in [0.1, 0.15) is 38.7 Å². The van der Waals surface area contributed by atoms with Crippen LogP contribution in [-0.2, 0) is 11.2 Å². The number of carbonyl (C=O) groups excluding carboxylic acids is 1. The Morgan fingerprint density at radius 1 is 1.15 bits per heavy atom. The Kier molecular flexibility index (Phi) is 5.05. The molecule has 1 saturated carbocycles. The molecule has 2 unspecified atom stereocenters. The molecular weight excluding hydrogens is 248 g/mol. The average molecular weight is 274 g/mol. The molecule has 3 nitrogen and oxygen atoms in total. The van der Waals surface area contributed by atoms with E-state index in [2.05, 4.69) is 30.5 Å². The Balaban J connectivity index is 2.06. The van der Waals surface area contributed by atoms with Crippen molar-refractivity contribution in [3.05, 3.63) is 29.8 Å². The van der Waals surface area contributed by atoms with Gasteiger partial charge in [0.25, 0.3) is 0 Å². The zero-order valence-electron chi connectivity index (χ0n) is 12.8. The van der Waals surface area contributed by atoms with Crippen LogP contribution in [0.5, 0.6) is 0 Å². The van der Waals surface area contributed by atoms with Crippen LogP contribution < -0.4 is 10.6 Å². The SMILES string of the molecule is CNC(=O)Cc1ccccc1NC1CC(C)CC(C)C1. The number of hydrogen-bond donors (Lipinski definition) is 2. The van der Waals surface area contributed by atoms with E-state index >= 15 is 0 Å². The zero-order chi connectivity index (χ0) is 14.5. The topological polar surface area (TPSA) is 41.1 Å². The molecule has 0 aromatic heterocycles. The normalized spacial score (nSPS) is 26.1. The van der Waals surface area contributed by atoms with Gasteiger partial charge in [0.05, 0.1) is 6.42 Å². The Bertz CT molecular complexity index is 448. The van der Waals surface area contributed by atoms with Crippen molar-refractivity contribution in [3.63, 3.8) is 0 Å². The molecule has 0 heterocycles. The number of nitrogens with one attached hydrogen (secondary N) is 2. The molecule has 0 aliphatic heterocycles. The molecule has 2 atom stereocenters. The second kappa shape index (κ2) is 6.78. The van der Waals surface area contributed by atoms with Crippen LogP contribution in [0.15, 0.2) is 24.3 Å². The molecule has 2 N–H and O–H groups in total. The van der Waals surface area contributed by atoms with E-state index in [1.54, 1.807) is 7.05 Å². The Morgan fingerprint density at radius 3 is 2.45 bits per heavy atom. The van der Waals surface area contributed by atoms with Crippen LogP contribution in [-0.4, -0.2) is 19.0 Å². The first-order valence-electron chi connectivity index (χ1n) is 7.63. The Hall–Kier alpha value is -1.51. The summed E-state index contributed by atoms with van der Waals surface area (Å²) < 4.78 is 0. The van der Waals surface area contributed by atoms with Gasteiger partial charge in [-0.3, -0.25) is 4.79 Å². The van der Waals surface area contributed by atoms with Gasteiger partial charge >= 0.3 is 0 Å². The van der Waals surface area contributed by atoms with Gasteiger partial charge in [-0.2, -0.15) is 0 Å². The maximum absolute atomic E-state index is 11.6. The summed E-state index contributed by atoms with van der Waals surface area (Å²) in [6, 6.07) is 8.68. The summed E-state index contributed by atoms with van der Waals surface area (Å²) in [5.74, 6) is 1.62. The van der Waals surface area contributed by atoms with Crippen LogP contribution in [0.25, 0.3) is 0 Å². The van der Waals surface area contributed by atoms with Gasteiger partial charge in [-0.25, -0.2) is 0 Å². The molecule has 0 radical (unpaired) electrons. The minimum absolute atomic E-state index is 0.0598. The first kappa shape index (κ1) is 14.9. The molecule has 1 fully saturated rings. The molecule has 0 saturated heterocycles. The van der Waals surface area contributed by atoms with E-state index in [4.69, 9.17) is 0 Å². The number of carbonyl (C=O) groups is 1. The third-order valence-corrected chi connectivity index (χ3v) is 4.19. The van der Waals surface area contributed by atoms with E-state index in [0.29, 0.717) is 12.5 Å². The van der Waals surface area contributed by atoms with Crippen molar-refractivity contribution in [1.29, 1.82) is 0 Å². The lowest BCUT2D eigenvalue weighted by Crippen LogP contribution is -2.30. The fourth-order valence-corrected chi connectivity index (χ4v) is 3.36. The molecule has 1 aromatic carbocycles. The average Bonchev–Trinajstić information content (AvgIpc) is 2.39. The van der Waals surface area contributed by atoms with Gasteiger partial charge in [-0.1, -0.05) is 32.0 Å². The van der Waals surface area contributed by atoms with Gasteiger partial charge in [-0.05, 0) is 42.7 Å². The molecule has 2 rings (SSSR count). The highest BCUT2D eigenvalue weighted by Crippen LogP contribution is 2.31. The van der Waals surface area contributed by atoms with E-state index in [9.17, 15) is 4.79 Å². The molecule has 3 heteroatoms. The van der Waals surface area contributed by atoms with Crippen LogP contribution in [0.2, 0.25) is 0 Å². The first-order valence-corrected chi connectivity index (χ1v) is 7.63. The minimum Gasteiger partial charge on any atom is -0.382 e. The number of likely N-dealkylation sites (N-methyl/N-ethyl adjacent to an activating group) is 1. The van der Waals surface area contributed by atoms with Gasteiger partial charge in [0.15, 0.2) is 0 Å². The quantitative estimate of drug-likeness (QED) is 0.885. The van der Waals surface area contributed by atoms with Crippen molar-refractivity contribution in [2.45, 2.75) is 45.6 Å². The van der Waals surface area contributed by atoms with E-state index < -0.39 is 0 Å².